The minimum absolute atomic E-state index is 0.0187. The van der Waals surface area contributed by atoms with E-state index in [2.05, 4.69) is 0 Å². The van der Waals surface area contributed by atoms with E-state index in [9.17, 15) is 14.7 Å². The van der Waals surface area contributed by atoms with Gasteiger partial charge in [0.15, 0.2) is 0 Å². The molecule has 0 aromatic heterocycles. The van der Waals surface area contributed by atoms with Gasteiger partial charge in [0.2, 0.25) is 0 Å². The van der Waals surface area contributed by atoms with Gasteiger partial charge in [-0.3, -0.25) is 9.69 Å². The molecule has 1 amide bonds. The van der Waals surface area contributed by atoms with Crippen LogP contribution < -0.4 is 0 Å². The molecule has 1 atom stereocenters. The van der Waals surface area contributed by atoms with Crippen LogP contribution in [0, 0.1) is 0 Å². The third-order valence-electron chi connectivity index (χ3n) is 4.34. The van der Waals surface area contributed by atoms with Gasteiger partial charge in [0.05, 0.1) is 12.1 Å². The summed E-state index contributed by atoms with van der Waals surface area (Å²) in [5.74, 6) is 0.0187. The molecule has 1 aliphatic rings. The number of carbonyl (C=O) groups excluding carboxylic acids is 2. The largest absolute Gasteiger partial charge is 0.444 e. The molecule has 5 heteroatoms. The number of carbonyl (C=O) groups is 2. The van der Waals surface area contributed by atoms with Gasteiger partial charge in [0.25, 0.3) is 0 Å². The quantitative estimate of drug-likeness (QED) is 0.922. The van der Waals surface area contributed by atoms with Gasteiger partial charge in [-0.15, -0.1) is 0 Å². The summed E-state index contributed by atoms with van der Waals surface area (Å²) in [6, 6.07) is 5.72. The Morgan fingerprint density at radius 3 is 2.54 bits per heavy atom. The molecule has 0 saturated heterocycles. The van der Waals surface area contributed by atoms with Crippen LogP contribution in [0.4, 0.5) is 4.79 Å². The topological polar surface area (TPSA) is 66.8 Å². The SMILES string of the molecule is CC(=O)CC1(C)c2ccc(CO)cc2CCN1C(=O)OC(C)(C)C. The molecular formula is C19H27NO4. The highest BCUT2D eigenvalue weighted by molar-refractivity contribution is 5.79. The van der Waals surface area contributed by atoms with Crippen molar-refractivity contribution in [1.29, 1.82) is 0 Å². The van der Waals surface area contributed by atoms with Crippen molar-refractivity contribution in [3.05, 3.63) is 34.9 Å². The number of fused-ring (bicyclic) bond motifs is 1. The predicted molar refractivity (Wildman–Crippen MR) is 91.7 cm³/mol. The number of rotatable bonds is 3. The summed E-state index contributed by atoms with van der Waals surface area (Å²) < 4.78 is 5.55. The van der Waals surface area contributed by atoms with E-state index in [-0.39, 0.29) is 18.8 Å². The van der Waals surface area contributed by atoms with E-state index in [1.165, 1.54) is 6.92 Å². The van der Waals surface area contributed by atoms with Crippen molar-refractivity contribution < 1.29 is 19.4 Å². The summed E-state index contributed by atoms with van der Waals surface area (Å²) in [6.07, 6.45) is 0.510. The van der Waals surface area contributed by atoms with Gasteiger partial charge in [-0.05, 0) is 57.7 Å². The van der Waals surface area contributed by atoms with Crippen molar-refractivity contribution in [2.45, 2.75) is 65.2 Å². The number of hydrogen-bond acceptors (Lipinski definition) is 4. The highest BCUT2D eigenvalue weighted by Gasteiger charge is 2.43. The van der Waals surface area contributed by atoms with Crippen LogP contribution in [-0.2, 0) is 28.1 Å². The molecule has 24 heavy (non-hydrogen) atoms. The van der Waals surface area contributed by atoms with Crippen molar-refractivity contribution in [1.82, 2.24) is 4.90 Å². The molecule has 1 aromatic rings. The van der Waals surface area contributed by atoms with E-state index >= 15 is 0 Å². The van der Waals surface area contributed by atoms with Crippen LogP contribution in [0.5, 0.6) is 0 Å². The fraction of sp³-hybridized carbons (Fsp3) is 0.579. The van der Waals surface area contributed by atoms with Crippen LogP contribution >= 0.6 is 0 Å². The Balaban J connectivity index is 2.46. The molecule has 1 aromatic carbocycles. The van der Waals surface area contributed by atoms with Gasteiger partial charge in [0, 0.05) is 13.0 Å². The average Bonchev–Trinajstić information content (AvgIpc) is 2.44. The number of nitrogens with zero attached hydrogens (tertiary/aromatic N) is 1. The van der Waals surface area contributed by atoms with Crippen LogP contribution in [0.1, 0.15) is 57.7 Å². The van der Waals surface area contributed by atoms with Gasteiger partial charge in [-0.25, -0.2) is 4.79 Å². The Morgan fingerprint density at radius 2 is 2.00 bits per heavy atom. The molecule has 1 N–H and O–H groups in total. The number of amides is 1. The standard InChI is InChI=1S/C19H27NO4/c1-13(22)11-19(5)16-7-6-14(12-21)10-15(16)8-9-20(19)17(23)24-18(2,3)4/h6-7,10,21H,8-9,11-12H2,1-5H3. The molecule has 2 rings (SSSR count). The zero-order chi connectivity index (χ0) is 18.1. The molecule has 0 radical (unpaired) electrons. The molecule has 1 unspecified atom stereocenters. The summed E-state index contributed by atoms with van der Waals surface area (Å²) in [5.41, 5.74) is 1.53. The van der Waals surface area contributed by atoms with Crippen LogP contribution in [0.25, 0.3) is 0 Å². The number of aliphatic hydroxyl groups excluding tert-OH is 1. The maximum absolute atomic E-state index is 12.7. The summed E-state index contributed by atoms with van der Waals surface area (Å²) in [4.78, 5) is 26.2. The van der Waals surface area contributed by atoms with Crippen molar-refractivity contribution >= 4 is 11.9 Å². The molecule has 0 fully saturated rings. The molecule has 1 aliphatic heterocycles. The lowest BCUT2D eigenvalue weighted by Crippen LogP contribution is -2.53. The Labute approximate surface area is 143 Å². The maximum atomic E-state index is 12.7. The van der Waals surface area contributed by atoms with E-state index in [1.807, 2.05) is 45.9 Å². The van der Waals surface area contributed by atoms with E-state index in [0.29, 0.717) is 13.0 Å². The van der Waals surface area contributed by atoms with Gasteiger partial charge >= 0.3 is 6.09 Å². The Bertz CT molecular complexity index is 647. The minimum atomic E-state index is -0.740. The lowest BCUT2D eigenvalue weighted by atomic mass is 9.78. The lowest BCUT2D eigenvalue weighted by molar-refractivity contribution is -0.120. The van der Waals surface area contributed by atoms with Gasteiger partial charge in [0.1, 0.15) is 11.4 Å². The van der Waals surface area contributed by atoms with Crippen LogP contribution in [0.2, 0.25) is 0 Å². The van der Waals surface area contributed by atoms with Crippen LogP contribution in [0.3, 0.4) is 0 Å². The molecule has 132 valence electrons. The number of hydrogen-bond donors (Lipinski definition) is 1. The molecule has 5 nitrogen and oxygen atoms in total. The van der Waals surface area contributed by atoms with E-state index < -0.39 is 17.2 Å². The highest BCUT2D eigenvalue weighted by atomic mass is 16.6. The monoisotopic (exact) mass is 333 g/mol. The molecule has 0 aliphatic carbocycles. The second-order valence-electron chi connectivity index (χ2n) is 7.68. The van der Waals surface area contributed by atoms with Crippen molar-refractivity contribution in [2.75, 3.05) is 6.54 Å². The fourth-order valence-corrected chi connectivity index (χ4v) is 3.39. The summed E-state index contributed by atoms with van der Waals surface area (Å²) in [5, 5.41) is 9.34. The molecule has 1 heterocycles. The highest BCUT2D eigenvalue weighted by Crippen LogP contribution is 2.39. The van der Waals surface area contributed by atoms with Crippen LogP contribution in [0.15, 0.2) is 18.2 Å². The zero-order valence-electron chi connectivity index (χ0n) is 15.2. The summed E-state index contributed by atoms with van der Waals surface area (Å²) in [6.45, 7) is 9.41. The van der Waals surface area contributed by atoms with E-state index in [1.54, 1.807) is 4.90 Å². The average molecular weight is 333 g/mol. The first kappa shape index (κ1) is 18.5. The number of Topliss-reactive ketones (excluding diaryl/α,β-unsaturated/α-hetero) is 1. The van der Waals surface area contributed by atoms with Crippen molar-refractivity contribution in [3.63, 3.8) is 0 Å². The Morgan fingerprint density at radius 1 is 1.33 bits per heavy atom. The molecule has 0 spiro atoms. The first-order chi connectivity index (χ1) is 11.1. The molecular weight excluding hydrogens is 306 g/mol. The number of aliphatic hydroxyl groups is 1. The van der Waals surface area contributed by atoms with Crippen LogP contribution in [-0.4, -0.2) is 34.0 Å². The Kier molecular flexibility index (Phi) is 5.04. The lowest BCUT2D eigenvalue weighted by Gasteiger charge is -2.46. The van der Waals surface area contributed by atoms with Crippen molar-refractivity contribution in [2.24, 2.45) is 0 Å². The second kappa shape index (κ2) is 6.55. The molecule has 0 saturated carbocycles. The number of benzene rings is 1. The Hall–Kier alpha value is -1.88. The fourth-order valence-electron chi connectivity index (χ4n) is 3.39. The smallest absolute Gasteiger partial charge is 0.411 e. The molecule has 0 bridgehead atoms. The summed E-state index contributed by atoms with van der Waals surface area (Å²) in [7, 11) is 0. The number of ether oxygens (including phenoxy) is 1. The second-order valence-corrected chi connectivity index (χ2v) is 7.68. The van der Waals surface area contributed by atoms with Crippen molar-refractivity contribution in [3.8, 4) is 0 Å². The third kappa shape index (κ3) is 3.78. The zero-order valence-corrected chi connectivity index (χ0v) is 15.2. The minimum Gasteiger partial charge on any atom is -0.444 e. The van der Waals surface area contributed by atoms with E-state index in [4.69, 9.17) is 4.74 Å². The summed E-state index contributed by atoms with van der Waals surface area (Å²) >= 11 is 0. The number of ketones is 1. The normalized spacial score (nSPS) is 20.5. The maximum Gasteiger partial charge on any atom is 0.411 e. The first-order valence-electron chi connectivity index (χ1n) is 8.30. The predicted octanol–water partition coefficient (Wildman–Crippen LogP) is 3.17. The van der Waals surface area contributed by atoms with E-state index in [0.717, 1.165) is 16.7 Å². The van der Waals surface area contributed by atoms with Gasteiger partial charge < -0.3 is 9.84 Å². The third-order valence-corrected chi connectivity index (χ3v) is 4.34. The van der Waals surface area contributed by atoms with Gasteiger partial charge in [-0.1, -0.05) is 18.2 Å². The first-order valence-corrected chi connectivity index (χ1v) is 8.30. The van der Waals surface area contributed by atoms with Gasteiger partial charge in [-0.2, -0.15) is 0 Å².